The van der Waals surface area contributed by atoms with Gasteiger partial charge in [0, 0.05) is 41.1 Å². The molecule has 0 radical (unpaired) electrons. The number of likely N-dealkylation sites (N-methyl/N-ethyl adjacent to an activating group) is 1. The van der Waals surface area contributed by atoms with E-state index in [0.29, 0.717) is 0 Å². The Labute approximate surface area is 175 Å². The van der Waals surface area contributed by atoms with E-state index in [2.05, 4.69) is 118 Å². The van der Waals surface area contributed by atoms with Crippen molar-refractivity contribution in [1.29, 1.82) is 0 Å². The monoisotopic (exact) mass is 385 g/mol. The van der Waals surface area contributed by atoms with E-state index in [1.54, 1.807) is 0 Å². The highest BCUT2D eigenvalue weighted by Crippen LogP contribution is 2.47. The van der Waals surface area contributed by atoms with Crippen molar-refractivity contribution >= 4 is 17.1 Å². The number of nitrogens with zero attached hydrogens (tertiary/aromatic N) is 2. The molecule has 0 saturated heterocycles. The predicted octanol–water partition coefficient (Wildman–Crippen LogP) is 6.34. The molecule has 2 nitrogen and oxygen atoms in total. The summed E-state index contributed by atoms with van der Waals surface area (Å²) in [4.78, 5) is 2.45. The second kappa shape index (κ2) is 7.02. The van der Waals surface area contributed by atoms with Crippen LogP contribution in [0, 0.1) is 0 Å². The van der Waals surface area contributed by atoms with Crippen LogP contribution in [-0.4, -0.2) is 23.4 Å². The third kappa shape index (κ3) is 2.88. The molecule has 0 fully saturated rings. The Balaban J connectivity index is 1.74. The molecule has 4 rings (SSSR count). The van der Waals surface area contributed by atoms with Crippen molar-refractivity contribution in [2.45, 2.75) is 52.4 Å². The Morgan fingerprint density at radius 3 is 2.21 bits per heavy atom. The van der Waals surface area contributed by atoms with E-state index in [-0.39, 0.29) is 10.8 Å². The fourth-order valence-electron chi connectivity index (χ4n) is 5.19. The van der Waals surface area contributed by atoms with E-state index in [4.69, 9.17) is 0 Å². The number of rotatable bonds is 4. The molecule has 0 spiro atoms. The van der Waals surface area contributed by atoms with Crippen LogP contribution < -0.4 is 4.90 Å². The second-order valence-electron chi connectivity index (χ2n) is 9.07. The SMILES string of the molecule is CCN1/C(=C/C=C\C2=[N+](CC)c3ccccc3C2(C)C)C(C)(C)c2ccccc21. The summed E-state index contributed by atoms with van der Waals surface area (Å²) in [5, 5.41) is 0. The van der Waals surface area contributed by atoms with Crippen LogP contribution in [0.1, 0.15) is 52.7 Å². The molecule has 2 aliphatic heterocycles. The number of hydrogen-bond acceptors (Lipinski definition) is 1. The third-order valence-corrected chi connectivity index (χ3v) is 6.74. The van der Waals surface area contributed by atoms with Gasteiger partial charge in [0.1, 0.15) is 6.54 Å². The van der Waals surface area contributed by atoms with Crippen molar-refractivity contribution in [3.63, 3.8) is 0 Å². The summed E-state index contributed by atoms with van der Waals surface area (Å²) in [5.74, 6) is 0. The molecule has 0 aliphatic carbocycles. The lowest BCUT2D eigenvalue weighted by Gasteiger charge is -2.25. The van der Waals surface area contributed by atoms with Gasteiger partial charge in [-0.15, -0.1) is 0 Å². The molecule has 0 unspecified atom stereocenters. The zero-order valence-electron chi connectivity index (χ0n) is 18.7. The Hall–Kier alpha value is -2.61. The number of allylic oxidation sites excluding steroid dienone is 4. The van der Waals surface area contributed by atoms with Gasteiger partial charge in [0.25, 0.3) is 0 Å². The van der Waals surface area contributed by atoms with Crippen LogP contribution in [0.3, 0.4) is 0 Å². The molecule has 2 aliphatic rings. The summed E-state index contributed by atoms with van der Waals surface area (Å²) in [6.07, 6.45) is 6.91. The minimum absolute atomic E-state index is 0.0141. The van der Waals surface area contributed by atoms with Crippen LogP contribution >= 0.6 is 0 Å². The number of benzene rings is 2. The fraction of sp³-hybridized carbons (Fsp3) is 0.370. The van der Waals surface area contributed by atoms with Crippen molar-refractivity contribution in [2.75, 3.05) is 18.0 Å². The molecule has 0 atom stereocenters. The number of hydrogen-bond donors (Lipinski definition) is 0. The highest BCUT2D eigenvalue weighted by molar-refractivity contribution is 6.03. The first-order valence-corrected chi connectivity index (χ1v) is 10.8. The molecule has 2 aromatic rings. The maximum atomic E-state index is 2.45. The largest absolute Gasteiger partial charge is 0.344 e. The molecular weight excluding hydrogens is 352 g/mol. The molecule has 0 bridgehead atoms. The number of fused-ring (bicyclic) bond motifs is 2. The maximum Gasteiger partial charge on any atom is 0.209 e. The summed E-state index contributed by atoms with van der Waals surface area (Å²) in [6, 6.07) is 17.6. The summed E-state index contributed by atoms with van der Waals surface area (Å²) in [5.41, 5.74) is 8.28. The van der Waals surface area contributed by atoms with E-state index >= 15 is 0 Å². The highest BCUT2D eigenvalue weighted by Gasteiger charge is 2.43. The molecule has 2 heterocycles. The maximum absolute atomic E-state index is 2.45. The van der Waals surface area contributed by atoms with Crippen LogP contribution in [0.5, 0.6) is 0 Å². The van der Waals surface area contributed by atoms with E-state index in [0.717, 1.165) is 13.1 Å². The topological polar surface area (TPSA) is 6.25 Å². The predicted molar refractivity (Wildman–Crippen MR) is 125 cm³/mol. The highest BCUT2D eigenvalue weighted by atomic mass is 15.2. The molecule has 29 heavy (non-hydrogen) atoms. The third-order valence-electron chi connectivity index (χ3n) is 6.74. The summed E-state index contributed by atoms with van der Waals surface area (Å²) < 4.78 is 2.45. The van der Waals surface area contributed by atoms with Crippen molar-refractivity contribution in [1.82, 2.24) is 0 Å². The molecular formula is C27H33N2+. The van der Waals surface area contributed by atoms with Gasteiger partial charge in [-0.3, -0.25) is 0 Å². The Kier molecular flexibility index (Phi) is 4.77. The lowest BCUT2D eigenvalue weighted by molar-refractivity contribution is -0.433. The van der Waals surface area contributed by atoms with Crippen molar-refractivity contribution in [3.8, 4) is 0 Å². The molecule has 150 valence electrons. The number of anilines is 1. The van der Waals surface area contributed by atoms with E-state index in [1.165, 1.54) is 33.9 Å². The fourth-order valence-corrected chi connectivity index (χ4v) is 5.19. The Bertz CT molecular complexity index is 1030. The Morgan fingerprint density at radius 2 is 1.52 bits per heavy atom. The molecule has 2 aromatic carbocycles. The summed E-state index contributed by atoms with van der Waals surface area (Å²) in [7, 11) is 0. The van der Waals surface area contributed by atoms with Crippen molar-refractivity contribution in [3.05, 3.63) is 83.6 Å². The lowest BCUT2D eigenvalue weighted by atomic mass is 9.81. The van der Waals surface area contributed by atoms with E-state index in [9.17, 15) is 0 Å². The average Bonchev–Trinajstić information content (AvgIpc) is 3.07. The van der Waals surface area contributed by atoms with Gasteiger partial charge >= 0.3 is 0 Å². The van der Waals surface area contributed by atoms with E-state index < -0.39 is 0 Å². The normalized spacial score (nSPS) is 20.6. The first-order valence-electron chi connectivity index (χ1n) is 10.8. The lowest BCUT2D eigenvalue weighted by Crippen LogP contribution is -2.28. The Morgan fingerprint density at radius 1 is 0.862 bits per heavy atom. The summed E-state index contributed by atoms with van der Waals surface area (Å²) >= 11 is 0. The molecule has 2 heteroatoms. The van der Waals surface area contributed by atoms with Crippen LogP contribution in [0.25, 0.3) is 0 Å². The van der Waals surface area contributed by atoms with E-state index in [1.807, 2.05) is 0 Å². The van der Waals surface area contributed by atoms with Gasteiger partial charge in [-0.25, -0.2) is 0 Å². The molecule has 0 aromatic heterocycles. The molecule has 0 N–H and O–H groups in total. The van der Waals surface area contributed by atoms with Gasteiger partial charge in [-0.05, 0) is 45.4 Å². The van der Waals surface area contributed by atoms with Gasteiger partial charge < -0.3 is 4.90 Å². The summed E-state index contributed by atoms with van der Waals surface area (Å²) in [6.45, 7) is 15.8. The first-order chi connectivity index (χ1) is 13.8. The van der Waals surface area contributed by atoms with Crippen LogP contribution in [0.15, 0.2) is 72.5 Å². The molecule has 0 amide bonds. The van der Waals surface area contributed by atoms with Gasteiger partial charge in [0.05, 0.1) is 5.41 Å². The van der Waals surface area contributed by atoms with Gasteiger partial charge in [-0.1, -0.05) is 56.3 Å². The molecule has 0 saturated carbocycles. The quantitative estimate of drug-likeness (QED) is 0.557. The minimum Gasteiger partial charge on any atom is -0.344 e. The zero-order valence-corrected chi connectivity index (χ0v) is 18.7. The first kappa shape index (κ1) is 19.7. The van der Waals surface area contributed by atoms with Crippen LogP contribution in [0.2, 0.25) is 0 Å². The number of para-hydroxylation sites is 2. The average molecular weight is 386 g/mol. The van der Waals surface area contributed by atoms with Crippen LogP contribution in [-0.2, 0) is 10.8 Å². The van der Waals surface area contributed by atoms with Gasteiger partial charge in [-0.2, -0.15) is 4.58 Å². The van der Waals surface area contributed by atoms with Crippen molar-refractivity contribution < 1.29 is 4.58 Å². The zero-order chi connectivity index (χ0) is 20.8. The van der Waals surface area contributed by atoms with Gasteiger partial charge in [0.2, 0.25) is 5.69 Å². The standard InChI is InChI=1S/C27H33N2/c1-7-28-22-16-11-9-14-20(22)26(3,4)24(28)18-13-19-25-27(5,6)21-15-10-12-17-23(21)29(25)8-2/h9-19H,7-8H2,1-6H3/q+1. The second-order valence-corrected chi connectivity index (χ2v) is 9.07. The van der Waals surface area contributed by atoms with Crippen LogP contribution in [0.4, 0.5) is 11.4 Å². The van der Waals surface area contributed by atoms with Crippen molar-refractivity contribution in [2.24, 2.45) is 0 Å². The smallest absolute Gasteiger partial charge is 0.209 e. The van der Waals surface area contributed by atoms with Gasteiger partial charge in [0.15, 0.2) is 5.71 Å². The minimum atomic E-state index is 0.0141.